The van der Waals surface area contributed by atoms with E-state index < -0.39 is 4.92 Å². The fourth-order valence-corrected chi connectivity index (χ4v) is 1.67. The minimum absolute atomic E-state index is 0.110. The van der Waals surface area contributed by atoms with E-state index in [9.17, 15) is 10.1 Å². The van der Waals surface area contributed by atoms with Crippen molar-refractivity contribution in [2.24, 2.45) is 0 Å². The molecular weight excluding hydrogens is 260 g/mol. The molecule has 2 N–H and O–H groups in total. The van der Waals surface area contributed by atoms with E-state index in [-0.39, 0.29) is 17.3 Å². The summed E-state index contributed by atoms with van der Waals surface area (Å²) in [6.45, 7) is 4.27. The summed E-state index contributed by atoms with van der Waals surface area (Å²) in [5, 5.41) is 16.9. The molecule has 8 heteroatoms. The number of pyridine rings is 1. The van der Waals surface area contributed by atoms with Gasteiger partial charge >= 0.3 is 5.69 Å². The lowest BCUT2D eigenvalue weighted by Gasteiger charge is -2.08. The maximum Gasteiger partial charge on any atom is 0.353 e. The van der Waals surface area contributed by atoms with Gasteiger partial charge in [-0.25, -0.2) is 15.0 Å². The third-order valence-electron chi connectivity index (χ3n) is 2.51. The minimum Gasteiger partial charge on any atom is -0.364 e. The molecule has 104 valence electrons. The van der Waals surface area contributed by atoms with Crippen LogP contribution in [-0.4, -0.2) is 26.4 Å². The molecule has 0 radical (unpaired) electrons. The molecule has 0 saturated carbocycles. The molecule has 20 heavy (non-hydrogen) atoms. The van der Waals surface area contributed by atoms with Gasteiger partial charge in [0.2, 0.25) is 11.6 Å². The summed E-state index contributed by atoms with van der Waals surface area (Å²) < 4.78 is 0. The number of aryl methyl sites for hydroxylation is 1. The van der Waals surface area contributed by atoms with Gasteiger partial charge in [0.15, 0.2) is 0 Å². The lowest BCUT2D eigenvalue weighted by Crippen LogP contribution is -2.08. The standard InChI is InChI=1S/C12H14N6O2/c1-3-13-11-10(18(19)20)12(16-7-15-11)17-9-6-8(2)4-5-14-9/h4-7H,3H2,1-2H3,(H2,13,14,15,16,17). The molecule has 0 atom stereocenters. The molecule has 2 aromatic rings. The van der Waals surface area contributed by atoms with E-state index in [1.54, 1.807) is 12.3 Å². The molecule has 8 nitrogen and oxygen atoms in total. The van der Waals surface area contributed by atoms with Gasteiger partial charge in [-0.3, -0.25) is 10.1 Å². The monoisotopic (exact) mass is 274 g/mol. The molecule has 0 aromatic carbocycles. The highest BCUT2D eigenvalue weighted by Gasteiger charge is 2.22. The van der Waals surface area contributed by atoms with Crippen molar-refractivity contribution in [3.05, 3.63) is 40.3 Å². The predicted octanol–water partition coefficient (Wildman–Crippen LogP) is 2.26. The van der Waals surface area contributed by atoms with Crippen LogP contribution in [0.4, 0.5) is 23.1 Å². The predicted molar refractivity (Wildman–Crippen MR) is 75.1 cm³/mol. The Balaban J connectivity index is 2.40. The van der Waals surface area contributed by atoms with Gasteiger partial charge in [-0.1, -0.05) is 0 Å². The molecular formula is C12H14N6O2. The molecule has 0 aliphatic carbocycles. The number of hydrogen-bond acceptors (Lipinski definition) is 7. The first-order valence-electron chi connectivity index (χ1n) is 6.04. The average Bonchev–Trinajstić information content (AvgIpc) is 2.39. The molecule has 0 unspecified atom stereocenters. The Morgan fingerprint density at radius 1 is 1.30 bits per heavy atom. The van der Waals surface area contributed by atoms with Crippen LogP contribution in [0.3, 0.4) is 0 Å². The van der Waals surface area contributed by atoms with Crippen LogP contribution >= 0.6 is 0 Å². The maximum atomic E-state index is 11.2. The molecule has 0 fully saturated rings. The van der Waals surface area contributed by atoms with Crippen molar-refractivity contribution in [1.29, 1.82) is 0 Å². The normalized spacial score (nSPS) is 10.1. The Labute approximate surface area is 115 Å². The highest BCUT2D eigenvalue weighted by molar-refractivity contribution is 5.72. The van der Waals surface area contributed by atoms with E-state index in [1.807, 2.05) is 19.9 Å². The smallest absolute Gasteiger partial charge is 0.353 e. The van der Waals surface area contributed by atoms with Gasteiger partial charge in [-0.2, -0.15) is 0 Å². The number of nitrogens with zero attached hydrogens (tertiary/aromatic N) is 4. The van der Waals surface area contributed by atoms with Gasteiger partial charge in [0.1, 0.15) is 12.1 Å². The second-order valence-corrected chi connectivity index (χ2v) is 4.05. The number of rotatable bonds is 5. The molecule has 0 aliphatic rings. The second kappa shape index (κ2) is 5.91. The van der Waals surface area contributed by atoms with Crippen LogP contribution in [0.2, 0.25) is 0 Å². The molecule has 0 spiro atoms. The third-order valence-corrected chi connectivity index (χ3v) is 2.51. The zero-order valence-electron chi connectivity index (χ0n) is 11.1. The van der Waals surface area contributed by atoms with Crippen LogP contribution < -0.4 is 10.6 Å². The van der Waals surface area contributed by atoms with Crippen LogP contribution in [-0.2, 0) is 0 Å². The second-order valence-electron chi connectivity index (χ2n) is 4.05. The first-order chi connectivity index (χ1) is 9.61. The van der Waals surface area contributed by atoms with Gasteiger partial charge in [-0.05, 0) is 31.5 Å². The number of anilines is 3. The number of nitro groups is 1. The van der Waals surface area contributed by atoms with Crippen LogP contribution in [0.5, 0.6) is 0 Å². The van der Waals surface area contributed by atoms with Crippen molar-refractivity contribution < 1.29 is 4.92 Å². The van der Waals surface area contributed by atoms with Crippen LogP contribution in [0.25, 0.3) is 0 Å². The maximum absolute atomic E-state index is 11.2. The summed E-state index contributed by atoms with van der Waals surface area (Å²) in [4.78, 5) is 22.6. The molecule has 2 aromatic heterocycles. The van der Waals surface area contributed by atoms with Crippen LogP contribution in [0.1, 0.15) is 12.5 Å². The summed E-state index contributed by atoms with van der Waals surface area (Å²) in [5.41, 5.74) is 0.795. The van der Waals surface area contributed by atoms with E-state index in [0.717, 1.165) is 5.56 Å². The Hall–Kier alpha value is -2.77. The summed E-state index contributed by atoms with van der Waals surface area (Å²) in [6, 6.07) is 3.61. The van der Waals surface area contributed by atoms with Gasteiger partial charge < -0.3 is 10.6 Å². The van der Waals surface area contributed by atoms with Crippen LogP contribution in [0, 0.1) is 17.0 Å². The lowest BCUT2D eigenvalue weighted by molar-refractivity contribution is -0.383. The van der Waals surface area contributed by atoms with Gasteiger partial charge in [0.05, 0.1) is 4.92 Å². The first kappa shape index (κ1) is 13.7. The number of hydrogen-bond donors (Lipinski definition) is 2. The zero-order chi connectivity index (χ0) is 14.5. The SMILES string of the molecule is CCNc1ncnc(Nc2cc(C)ccn2)c1[N+](=O)[O-]. The quantitative estimate of drug-likeness (QED) is 0.636. The highest BCUT2D eigenvalue weighted by Crippen LogP contribution is 2.30. The Bertz CT molecular complexity index is 631. The molecule has 0 aliphatic heterocycles. The molecule has 0 saturated heterocycles. The molecule has 2 heterocycles. The Morgan fingerprint density at radius 3 is 2.70 bits per heavy atom. The first-order valence-corrected chi connectivity index (χ1v) is 6.04. The van der Waals surface area contributed by atoms with Crippen LogP contribution in [0.15, 0.2) is 24.7 Å². The Morgan fingerprint density at radius 2 is 2.05 bits per heavy atom. The van der Waals surface area contributed by atoms with Gasteiger partial charge in [0.25, 0.3) is 0 Å². The summed E-state index contributed by atoms with van der Waals surface area (Å²) >= 11 is 0. The fraction of sp³-hybridized carbons (Fsp3) is 0.250. The third kappa shape index (κ3) is 2.97. The number of aromatic nitrogens is 3. The van der Waals surface area contributed by atoms with Gasteiger partial charge in [0, 0.05) is 12.7 Å². The number of nitrogens with one attached hydrogen (secondary N) is 2. The van der Waals surface area contributed by atoms with Crippen molar-refractivity contribution >= 4 is 23.1 Å². The molecule has 0 amide bonds. The van der Waals surface area contributed by atoms with E-state index >= 15 is 0 Å². The Kier molecular flexibility index (Phi) is 4.04. The van der Waals surface area contributed by atoms with E-state index in [1.165, 1.54) is 6.33 Å². The lowest BCUT2D eigenvalue weighted by atomic mass is 10.3. The van der Waals surface area contributed by atoms with Crippen molar-refractivity contribution in [2.75, 3.05) is 17.2 Å². The van der Waals surface area contributed by atoms with Crippen molar-refractivity contribution in [3.8, 4) is 0 Å². The topological polar surface area (TPSA) is 106 Å². The average molecular weight is 274 g/mol. The molecule has 2 rings (SSSR count). The largest absolute Gasteiger partial charge is 0.364 e. The van der Waals surface area contributed by atoms with Crippen molar-refractivity contribution in [2.45, 2.75) is 13.8 Å². The molecule has 0 bridgehead atoms. The zero-order valence-corrected chi connectivity index (χ0v) is 11.1. The minimum atomic E-state index is -0.518. The highest BCUT2D eigenvalue weighted by atomic mass is 16.6. The van der Waals surface area contributed by atoms with E-state index in [2.05, 4.69) is 25.6 Å². The van der Waals surface area contributed by atoms with E-state index in [4.69, 9.17) is 0 Å². The fourth-order valence-electron chi connectivity index (χ4n) is 1.67. The van der Waals surface area contributed by atoms with E-state index in [0.29, 0.717) is 12.4 Å². The van der Waals surface area contributed by atoms with Gasteiger partial charge in [-0.15, -0.1) is 0 Å². The summed E-state index contributed by atoms with van der Waals surface area (Å²) in [7, 11) is 0. The van der Waals surface area contributed by atoms with Crippen molar-refractivity contribution in [1.82, 2.24) is 15.0 Å². The summed E-state index contributed by atoms with van der Waals surface area (Å²) in [5.74, 6) is 0.788. The summed E-state index contributed by atoms with van der Waals surface area (Å²) in [6.07, 6.45) is 2.89. The van der Waals surface area contributed by atoms with Crippen molar-refractivity contribution in [3.63, 3.8) is 0 Å².